The first kappa shape index (κ1) is 21.1. The van der Waals surface area contributed by atoms with Crippen molar-refractivity contribution in [2.75, 3.05) is 13.2 Å². The van der Waals surface area contributed by atoms with Gasteiger partial charge in [-0.3, -0.25) is 14.9 Å². The van der Waals surface area contributed by atoms with E-state index in [2.05, 4.69) is 4.98 Å². The second-order valence-electron chi connectivity index (χ2n) is 5.76. The van der Waals surface area contributed by atoms with Crippen molar-refractivity contribution in [2.24, 2.45) is 0 Å². The Balaban J connectivity index is 2.18. The Hall–Kier alpha value is -3.20. The zero-order valence-corrected chi connectivity index (χ0v) is 16.1. The van der Waals surface area contributed by atoms with Gasteiger partial charge in [-0.25, -0.2) is 9.59 Å². The summed E-state index contributed by atoms with van der Waals surface area (Å²) in [6, 6.07) is 3.43. The van der Waals surface area contributed by atoms with Crippen molar-refractivity contribution in [3.63, 3.8) is 0 Å². The fourth-order valence-corrected chi connectivity index (χ4v) is 2.82. The van der Waals surface area contributed by atoms with Gasteiger partial charge in [0.05, 0.1) is 22.8 Å². The maximum atomic E-state index is 12.4. The zero-order valence-electron chi connectivity index (χ0n) is 15.3. The van der Waals surface area contributed by atoms with Crippen molar-refractivity contribution in [3.8, 4) is 0 Å². The third-order valence-electron chi connectivity index (χ3n) is 3.91. The molecule has 1 N–H and O–H groups in total. The standard InChI is InChI=1S/C18H17ClN2O7/c1-4-27-18(24)15-9(2)16(20-10(15)3)14(22)8-28-17(23)12-7-11(19)5-6-13(12)21(25)26/h5-7,20H,4,8H2,1-3H3. The zero-order chi connectivity index (χ0) is 21.0. The van der Waals surface area contributed by atoms with Crippen LogP contribution in [0.2, 0.25) is 5.02 Å². The van der Waals surface area contributed by atoms with E-state index in [1.165, 1.54) is 6.07 Å². The molecule has 28 heavy (non-hydrogen) atoms. The number of aromatic amines is 1. The molecular weight excluding hydrogens is 392 g/mol. The average Bonchev–Trinajstić information content (AvgIpc) is 2.93. The lowest BCUT2D eigenvalue weighted by molar-refractivity contribution is -0.385. The van der Waals surface area contributed by atoms with Gasteiger partial charge in [-0.15, -0.1) is 0 Å². The maximum absolute atomic E-state index is 12.4. The van der Waals surface area contributed by atoms with Gasteiger partial charge in [0.15, 0.2) is 6.61 Å². The summed E-state index contributed by atoms with van der Waals surface area (Å²) in [5.41, 5.74) is 0.285. The molecule has 0 saturated heterocycles. The number of nitrogens with zero attached hydrogens (tertiary/aromatic N) is 1. The number of carbonyl (C=O) groups is 3. The van der Waals surface area contributed by atoms with Crippen LogP contribution in [-0.4, -0.2) is 40.8 Å². The topological polar surface area (TPSA) is 129 Å². The lowest BCUT2D eigenvalue weighted by atomic mass is 10.1. The van der Waals surface area contributed by atoms with E-state index in [1.807, 2.05) is 0 Å². The van der Waals surface area contributed by atoms with E-state index >= 15 is 0 Å². The van der Waals surface area contributed by atoms with Gasteiger partial charge in [-0.2, -0.15) is 0 Å². The number of aryl methyl sites for hydroxylation is 1. The quantitative estimate of drug-likeness (QED) is 0.321. The molecule has 2 rings (SSSR count). The number of benzene rings is 1. The molecule has 0 radical (unpaired) electrons. The summed E-state index contributed by atoms with van der Waals surface area (Å²) in [7, 11) is 0. The SMILES string of the molecule is CCOC(=O)c1c(C)[nH]c(C(=O)COC(=O)c2cc(Cl)ccc2[N+](=O)[O-])c1C. The second-order valence-corrected chi connectivity index (χ2v) is 6.20. The Morgan fingerprint density at radius 2 is 1.86 bits per heavy atom. The molecular formula is C18H17ClN2O7. The summed E-state index contributed by atoms with van der Waals surface area (Å²) in [6.07, 6.45) is 0. The predicted molar refractivity (Wildman–Crippen MR) is 98.9 cm³/mol. The normalized spacial score (nSPS) is 10.4. The molecule has 0 unspecified atom stereocenters. The van der Waals surface area contributed by atoms with Crippen LogP contribution in [0.25, 0.3) is 0 Å². The average molecular weight is 409 g/mol. The first-order valence-electron chi connectivity index (χ1n) is 8.17. The third kappa shape index (κ3) is 4.37. The van der Waals surface area contributed by atoms with Crippen LogP contribution in [0.1, 0.15) is 49.4 Å². The van der Waals surface area contributed by atoms with Crippen molar-refractivity contribution in [2.45, 2.75) is 20.8 Å². The van der Waals surface area contributed by atoms with Gasteiger partial charge in [0.25, 0.3) is 5.69 Å². The highest BCUT2D eigenvalue weighted by molar-refractivity contribution is 6.31. The molecule has 9 nitrogen and oxygen atoms in total. The van der Waals surface area contributed by atoms with Crippen LogP contribution in [0.5, 0.6) is 0 Å². The first-order chi connectivity index (χ1) is 13.2. The van der Waals surface area contributed by atoms with E-state index < -0.39 is 34.9 Å². The van der Waals surface area contributed by atoms with E-state index in [-0.39, 0.29) is 28.5 Å². The monoisotopic (exact) mass is 408 g/mol. The molecule has 148 valence electrons. The van der Waals surface area contributed by atoms with Gasteiger partial charge in [0, 0.05) is 16.8 Å². The minimum absolute atomic E-state index is 0.0916. The molecule has 1 aromatic carbocycles. The third-order valence-corrected chi connectivity index (χ3v) is 4.14. The maximum Gasteiger partial charge on any atom is 0.345 e. The molecule has 0 spiro atoms. The van der Waals surface area contributed by atoms with E-state index in [0.717, 1.165) is 12.1 Å². The molecule has 1 aromatic heterocycles. The Morgan fingerprint density at radius 3 is 2.46 bits per heavy atom. The van der Waals surface area contributed by atoms with Crippen molar-refractivity contribution < 1.29 is 28.8 Å². The van der Waals surface area contributed by atoms with Crippen LogP contribution in [0, 0.1) is 24.0 Å². The molecule has 0 aliphatic carbocycles. The fraction of sp³-hybridized carbons (Fsp3) is 0.278. The van der Waals surface area contributed by atoms with Gasteiger partial charge in [0.1, 0.15) is 5.56 Å². The number of rotatable bonds is 7. The van der Waals surface area contributed by atoms with Gasteiger partial charge in [0.2, 0.25) is 5.78 Å². The largest absolute Gasteiger partial charge is 0.462 e. The smallest absolute Gasteiger partial charge is 0.345 e. The number of nitrogens with one attached hydrogen (secondary N) is 1. The number of Topliss-reactive ketones (excluding diaryl/α,β-unsaturated/α-hetero) is 1. The van der Waals surface area contributed by atoms with Crippen molar-refractivity contribution in [1.29, 1.82) is 0 Å². The minimum Gasteiger partial charge on any atom is -0.462 e. The number of ether oxygens (including phenoxy) is 2. The van der Waals surface area contributed by atoms with Gasteiger partial charge in [-0.05, 0) is 38.5 Å². The van der Waals surface area contributed by atoms with Crippen molar-refractivity contribution in [3.05, 3.63) is 61.4 Å². The van der Waals surface area contributed by atoms with Gasteiger partial charge < -0.3 is 14.5 Å². The van der Waals surface area contributed by atoms with E-state index in [0.29, 0.717) is 11.3 Å². The summed E-state index contributed by atoms with van der Waals surface area (Å²) in [5, 5.41) is 11.1. The number of carbonyl (C=O) groups excluding carboxylic acids is 3. The second kappa shape index (κ2) is 8.66. The van der Waals surface area contributed by atoms with Crippen LogP contribution in [0.15, 0.2) is 18.2 Å². The van der Waals surface area contributed by atoms with Crippen LogP contribution in [-0.2, 0) is 9.47 Å². The van der Waals surface area contributed by atoms with E-state index in [1.54, 1.807) is 20.8 Å². The highest BCUT2D eigenvalue weighted by atomic mass is 35.5. The lowest BCUT2D eigenvalue weighted by Gasteiger charge is -2.06. The van der Waals surface area contributed by atoms with Crippen LogP contribution in [0.3, 0.4) is 0 Å². The number of ketones is 1. The van der Waals surface area contributed by atoms with Crippen LogP contribution >= 0.6 is 11.6 Å². The number of halogens is 1. The van der Waals surface area contributed by atoms with Crippen LogP contribution in [0.4, 0.5) is 5.69 Å². The molecule has 0 aliphatic heterocycles. The highest BCUT2D eigenvalue weighted by Crippen LogP contribution is 2.24. The number of hydrogen-bond acceptors (Lipinski definition) is 7. The number of nitro groups is 1. The summed E-state index contributed by atoms with van der Waals surface area (Å²) >= 11 is 5.77. The number of H-pyrrole nitrogens is 1. The Kier molecular flexibility index (Phi) is 6.53. The molecule has 0 fully saturated rings. The van der Waals surface area contributed by atoms with Crippen molar-refractivity contribution in [1.82, 2.24) is 4.98 Å². The predicted octanol–water partition coefficient (Wildman–Crippen LogP) is 3.41. The molecule has 2 aromatic rings. The summed E-state index contributed by atoms with van der Waals surface area (Å²) in [6.45, 7) is 4.34. The van der Waals surface area contributed by atoms with E-state index in [4.69, 9.17) is 21.1 Å². The summed E-state index contributed by atoms with van der Waals surface area (Å²) in [5.74, 6) is -2.23. The summed E-state index contributed by atoms with van der Waals surface area (Å²) < 4.78 is 9.87. The molecule has 0 amide bonds. The molecule has 0 aliphatic rings. The number of aromatic nitrogens is 1. The number of nitro benzene ring substituents is 1. The Bertz CT molecular complexity index is 965. The van der Waals surface area contributed by atoms with Crippen molar-refractivity contribution >= 4 is 35.0 Å². The van der Waals surface area contributed by atoms with Crippen LogP contribution < -0.4 is 0 Å². The fourth-order valence-electron chi connectivity index (χ4n) is 2.65. The molecule has 0 atom stereocenters. The summed E-state index contributed by atoms with van der Waals surface area (Å²) in [4.78, 5) is 49.7. The molecule has 0 bridgehead atoms. The molecule has 10 heteroatoms. The Morgan fingerprint density at radius 1 is 1.18 bits per heavy atom. The molecule has 0 saturated carbocycles. The van der Waals surface area contributed by atoms with Gasteiger partial charge in [-0.1, -0.05) is 11.6 Å². The number of hydrogen-bond donors (Lipinski definition) is 1. The first-order valence-corrected chi connectivity index (χ1v) is 8.55. The van der Waals surface area contributed by atoms with E-state index in [9.17, 15) is 24.5 Å². The lowest BCUT2D eigenvalue weighted by Crippen LogP contribution is -2.16. The Labute approximate surface area is 164 Å². The van der Waals surface area contributed by atoms with Gasteiger partial charge >= 0.3 is 11.9 Å². The highest BCUT2D eigenvalue weighted by Gasteiger charge is 2.26. The molecule has 1 heterocycles. The number of esters is 2. The minimum atomic E-state index is -1.06.